The van der Waals surface area contributed by atoms with Crippen molar-refractivity contribution in [1.29, 1.82) is 0 Å². The molecule has 0 unspecified atom stereocenters. The van der Waals surface area contributed by atoms with Crippen LogP contribution in [0.1, 0.15) is 57.6 Å². The lowest BCUT2D eigenvalue weighted by molar-refractivity contribution is -0.152. The van der Waals surface area contributed by atoms with Crippen LogP contribution in [0.25, 0.3) is 12.2 Å². The number of thiophene rings is 1. The lowest BCUT2D eigenvalue weighted by Gasteiger charge is -2.24. The lowest BCUT2D eigenvalue weighted by atomic mass is 10.0. The van der Waals surface area contributed by atoms with E-state index in [1.165, 1.54) is 25.2 Å². The van der Waals surface area contributed by atoms with Crippen molar-refractivity contribution < 1.29 is 19.4 Å². The normalized spacial score (nSPS) is 12.1. The molecular formula is C23H26O4S. The van der Waals surface area contributed by atoms with Crippen molar-refractivity contribution in [1.82, 2.24) is 0 Å². The van der Waals surface area contributed by atoms with Crippen LogP contribution in [0.5, 0.6) is 5.75 Å². The maximum absolute atomic E-state index is 12.5. The fraction of sp³-hybridized carbons (Fsp3) is 0.304. The van der Waals surface area contributed by atoms with Crippen molar-refractivity contribution in [2.24, 2.45) is 0 Å². The fourth-order valence-corrected chi connectivity index (χ4v) is 3.79. The van der Waals surface area contributed by atoms with Gasteiger partial charge in [0.2, 0.25) is 0 Å². The third-order valence-electron chi connectivity index (χ3n) is 4.30. The zero-order valence-corrected chi connectivity index (χ0v) is 17.9. The largest absolute Gasteiger partial charge is 0.478 e. The summed E-state index contributed by atoms with van der Waals surface area (Å²) >= 11 is 1.48. The van der Waals surface area contributed by atoms with E-state index < -0.39 is 11.6 Å². The quantitative estimate of drug-likeness (QED) is 0.470. The molecule has 0 atom stereocenters. The molecule has 1 aromatic carbocycles. The summed E-state index contributed by atoms with van der Waals surface area (Å²) in [7, 11) is 0. The second-order valence-electron chi connectivity index (χ2n) is 7.26. The van der Waals surface area contributed by atoms with Gasteiger partial charge < -0.3 is 9.84 Å². The van der Waals surface area contributed by atoms with Crippen molar-refractivity contribution >= 4 is 35.2 Å². The molecule has 0 fully saturated rings. The molecule has 0 saturated carbocycles. The van der Waals surface area contributed by atoms with Crippen LogP contribution in [0, 0.1) is 20.8 Å². The second-order valence-corrected chi connectivity index (χ2v) is 8.34. The number of allylic oxidation sites excluding steroid dienone is 2. The Hall–Kier alpha value is -2.66. The Morgan fingerprint density at radius 2 is 1.64 bits per heavy atom. The Morgan fingerprint density at radius 1 is 1.04 bits per heavy atom. The maximum atomic E-state index is 12.5. The molecule has 0 saturated heterocycles. The molecule has 5 heteroatoms. The predicted molar refractivity (Wildman–Crippen MR) is 115 cm³/mol. The summed E-state index contributed by atoms with van der Waals surface area (Å²) in [6.07, 6.45) is 7.31. The standard InChI is InChI=1S/C23H26O4S/c1-7-8-19-14(2)13-20(28-19)18(24)10-9-17-11-15(3)21(16(4)12-17)27-23(5,6)22(25)26/h7-13H,1-6H3,(H,25,26)/b8-7-,10-9+. The number of hydrogen-bond acceptors (Lipinski definition) is 4. The zero-order valence-electron chi connectivity index (χ0n) is 17.1. The van der Waals surface area contributed by atoms with Gasteiger partial charge in [-0.15, -0.1) is 11.3 Å². The van der Waals surface area contributed by atoms with E-state index >= 15 is 0 Å². The van der Waals surface area contributed by atoms with Gasteiger partial charge in [-0.3, -0.25) is 4.79 Å². The van der Waals surface area contributed by atoms with Crippen LogP contribution in [0.15, 0.2) is 30.4 Å². The third-order valence-corrected chi connectivity index (χ3v) is 5.52. The van der Waals surface area contributed by atoms with Gasteiger partial charge in [-0.05, 0) is 94.1 Å². The third kappa shape index (κ3) is 4.98. The van der Waals surface area contributed by atoms with E-state index in [1.807, 2.05) is 58.0 Å². The van der Waals surface area contributed by atoms with Crippen LogP contribution in [-0.4, -0.2) is 22.5 Å². The summed E-state index contributed by atoms with van der Waals surface area (Å²) < 4.78 is 5.72. The first-order chi connectivity index (χ1) is 13.0. The first-order valence-corrected chi connectivity index (χ1v) is 9.86. The number of ketones is 1. The summed E-state index contributed by atoms with van der Waals surface area (Å²) in [6.45, 7) is 10.7. The number of ether oxygens (including phenoxy) is 1. The van der Waals surface area contributed by atoms with Crippen LogP contribution in [0.4, 0.5) is 0 Å². The highest BCUT2D eigenvalue weighted by Crippen LogP contribution is 2.29. The molecule has 0 aliphatic carbocycles. The molecule has 4 nitrogen and oxygen atoms in total. The number of carbonyl (C=O) groups is 2. The van der Waals surface area contributed by atoms with Gasteiger partial charge in [-0.25, -0.2) is 4.79 Å². The van der Waals surface area contributed by atoms with Crippen molar-refractivity contribution in [2.75, 3.05) is 0 Å². The average molecular weight is 399 g/mol. The Bertz CT molecular complexity index is 938. The molecule has 1 aromatic heterocycles. The van der Waals surface area contributed by atoms with E-state index in [0.717, 1.165) is 27.1 Å². The van der Waals surface area contributed by atoms with E-state index in [4.69, 9.17) is 4.74 Å². The van der Waals surface area contributed by atoms with Crippen LogP contribution in [0.2, 0.25) is 0 Å². The Labute approximate surface area is 170 Å². The summed E-state index contributed by atoms with van der Waals surface area (Å²) in [6, 6.07) is 5.68. The molecule has 1 N–H and O–H groups in total. The molecule has 0 amide bonds. The van der Waals surface area contributed by atoms with Crippen LogP contribution >= 0.6 is 11.3 Å². The molecule has 28 heavy (non-hydrogen) atoms. The van der Waals surface area contributed by atoms with Crippen molar-refractivity contribution in [3.63, 3.8) is 0 Å². The molecule has 0 aliphatic heterocycles. The van der Waals surface area contributed by atoms with Crippen LogP contribution in [0.3, 0.4) is 0 Å². The monoisotopic (exact) mass is 398 g/mol. The van der Waals surface area contributed by atoms with Crippen molar-refractivity contribution in [3.8, 4) is 5.75 Å². The first-order valence-electron chi connectivity index (χ1n) is 9.04. The molecule has 2 aromatic rings. The summed E-state index contributed by atoms with van der Waals surface area (Å²) in [5.41, 5.74) is 2.29. The van der Waals surface area contributed by atoms with E-state index in [-0.39, 0.29) is 5.78 Å². The number of carboxylic acids is 1. The molecule has 148 valence electrons. The minimum atomic E-state index is -1.31. The predicted octanol–water partition coefficient (Wildman–Crippen LogP) is 5.84. The van der Waals surface area contributed by atoms with Crippen molar-refractivity contribution in [3.05, 3.63) is 62.4 Å². The van der Waals surface area contributed by atoms with Crippen molar-refractivity contribution in [2.45, 2.75) is 47.1 Å². The van der Waals surface area contributed by atoms with Gasteiger partial charge in [-0.2, -0.15) is 0 Å². The number of carbonyl (C=O) groups excluding carboxylic acids is 1. The van der Waals surface area contributed by atoms with Crippen LogP contribution < -0.4 is 4.74 Å². The molecular weight excluding hydrogens is 372 g/mol. The van der Waals surface area contributed by atoms with Gasteiger partial charge in [0.05, 0.1) is 4.88 Å². The smallest absolute Gasteiger partial charge is 0.347 e. The van der Waals surface area contributed by atoms with Gasteiger partial charge in [0, 0.05) is 4.88 Å². The topological polar surface area (TPSA) is 63.6 Å². The minimum Gasteiger partial charge on any atom is -0.478 e. The van der Waals surface area contributed by atoms with Gasteiger partial charge in [-0.1, -0.05) is 12.2 Å². The molecule has 0 radical (unpaired) electrons. The number of hydrogen-bond donors (Lipinski definition) is 1. The Kier molecular flexibility index (Phi) is 6.62. The fourth-order valence-electron chi connectivity index (χ4n) is 2.73. The number of aliphatic carboxylic acids is 1. The molecule has 2 rings (SSSR count). The maximum Gasteiger partial charge on any atom is 0.347 e. The molecule has 1 heterocycles. The lowest BCUT2D eigenvalue weighted by Crippen LogP contribution is -2.38. The SMILES string of the molecule is C/C=C\c1sc(C(=O)/C=C/c2cc(C)c(OC(C)(C)C(=O)O)c(C)c2)cc1C. The molecule has 0 spiro atoms. The van der Waals surface area contributed by atoms with Gasteiger partial charge in [0.1, 0.15) is 5.75 Å². The minimum absolute atomic E-state index is 0.0357. The number of benzene rings is 1. The Morgan fingerprint density at radius 3 is 2.18 bits per heavy atom. The molecule has 0 aliphatic rings. The first kappa shape index (κ1) is 21.6. The number of rotatable bonds is 7. The average Bonchev–Trinajstić information content (AvgIpc) is 2.97. The van der Waals surface area contributed by atoms with Gasteiger partial charge in [0.15, 0.2) is 11.4 Å². The highest BCUT2D eigenvalue weighted by molar-refractivity contribution is 7.15. The van der Waals surface area contributed by atoms with E-state index in [2.05, 4.69) is 0 Å². The van der Waals surface area contributed by atoms with E-state index in [9.17, 15) is 14.7 Å². The summed E-state index contributed by atoms with van der Waals surface area (Å²) in [5.74, 6) is -0.503. The van der Waals surface area contributed by atoms with Gasteiger partial charge in [0.25, 0.3) is 0 Å². The summed E-state index contributed by atoms with van der Waals surface area (Å²) in [5, 5.41) is 9.27. The highest BCUT2D eigenvalue weighted by Gasteiger charge is 2.30. The number of carboxylic acid groups (broad SMARTS) is 1. The van der Waals surface area contributed by atoms with Crippen LogP contribution in [-0.2, 0) is 4.79 Å². The second kappa shape index (κ2) is 8.57. The van der Waals surface area contributed by atoms with E-state index in [1.54, 1.807) is 12.2 Å². The van der Waals surface area contributed by atoms with E-state index in [0.29, 0.717) is 10.6 Å². The van der Waals surface area contributed by atoms with Gasteiger partial charge >= 0.3 is 5.97 Å². The Balaban J connectivity index is 2.24. The summed E-state index contributed by atoms with van der Waals surface area (Å²) in [4.78, 5) is 25.6. The number of aryl methyl sites for hydroxylation is 3. The zero-order chi connectivity index (χ0) is 21.1. The highest BCUT2D eigenvalue weighted by atomic mass is 32.1. The molecule has 0 bridgehead atoms.